The maximum Gasteiger partial charge on any atom is 0.122 e. The van der Waals surface area contributed by atoms with E-state index in [4.69, 9.17) is 4.74 Å². The van der Waals surface area contributed by atoms with Crippen molar-refractivity contribution in [2.24, 2.45) is 0 Å². The molecule has 1 rings (SSSR count). The summed E-state index contributed by atoms with van der Waals surface area (Å²) in [6.45, 7) is 6.41. The van der Waals surface area contributed by atoms with Crippen LogP contribution in [0.3, 0.4) is 0 Å². The molecule has 0 fully saturated rings. The van der Waals surface area contributed by atoms with Gasteiger partial charge in [-0.15, -0.1) is 6.58 Å². The minimum Gasteiger partial charge on any atom is -0.489 e. The SMILES string of the molecule is C=CCCC/C=C/COc1ccccc1C. The zero-order valence-corrected chi connectivity index (χ0v) is 9.99. The Morgan fingerprint density at radius 2 is 2.00 bits per heavy atom. The van der Waals surface area contributed by atoms with E-state index in [0.29, 0.717) is 6.61 Å². The van der Waals surface area contributed by atoms with Crippen molar-refractivity contribution in [1.82, 2.24) is 0 Å². The van der Waals surface area contributed by atoms with Crippen molar-refractivity contribution in [3.63, 3.8) is 0 Å². The molecule has 0 aliphatic carbocycles. The first kappa shape index (κ1) is 12.6. The zero-order chi connectivity index (χ0) is 11.6. The van der Waals surface area contributed by atoms with E-state index in [0.717, 1.165) is 18.6 Å². The average Bonchev–Trinajstić information content (AvgIpc) is 2.30. The van der Waals surface area contributed by atoms with Gasteiger partial charge in [0.2, 0.25) is 0 Å². The average molecular weight is 216 g/mol. The Balaban J connectivity index is 2.20. The molecule has 1 aromatic carbocycles. The third-order valence-electron chi connectivity index (χ3n) is 2.37. The largest absolute Gasteiger partial charge is 0.489 e. The number of benzene rings is 1. The molecule has 0 saturated heterocycles. The van der Waals surface area contributed by atoms with Crippen molar-refractivity contribution < 1.29 is 4.74 Å². The summed E-state index contributed by atoms with van der Waals surface area (Å²) in [5.74, 6) is 0.971. The van der Waals surface area contributed by atoms with Crippen molar-refractivity contribution in [3.8, 4) is 5.75 Å². The topological polar surface area (TPSA) is 9.23 Å². The summed E-state index contributed by atoms with van der Waals surface area (Å²) in [4.78, 5) is 0. The highest BCUT2D eigenvalue weighted by Gasteiger charge is 1.94. The molecule has 1 heteroatoms. The Labute approximate surface area is 98.5 Å². The lowest BCUT2D eigenvalue weighted by atomic mass is 10.2. The molecule has 1 aromatic rings. The summed E-state index contributed by atoms with van der Waals surface area (Å²) in [6, 6.07) is 8.08. The fraction of sp³-hybridized carbons (Fsp3) is 0.333. The molecule has 0 radical (unpaired) electrons. The fourth-order valence-corrected chi connectivity index (χ4v) is 1.42. The summed E-state index contributed by atoms with van der Waals surface area (Å²) >= 11 is 0. The summed E-state index contributed by atoms with van der Waals surface area (Å²) in [6.07, 6.45) is 9.56. The highest BCUT2D eigenvalue weighted by molar-refractivity contribution is 5.31. The summed E-state index contributed by atoms with van der Waals surface area (Å²) in [5.41, 5.74) is 1.18. The lowest BCUT2D eigenvalue weighted by Crippen LogP contribution is -1.94. The quantitative estimate of drug-likeness (QED) is 0.488. The predicted octanol–water partition coefficient (Wildman–Crippen LogP) is 4.29. The Hall–Kier alpha value is -1.50. The van der Waals surface area contributed by atoms with Crippen LogP contribution in [0.1, 0.15) is 24.8 Å². The molecular formula is C15H20O. The second kappa shape index (κ2) is 7.75. The van der Waals surface area contributed by atoms with Crippen molar-refractivity contribution in [1.29, 1.82) is 0 Å². The maximum atomic E-state index is 5.64. The molecule has 1 nitrogen and oxygen atoms in total. The minimum atomic E-state index is 0.652. The van der Waals surface area contributed by atoms with E-state index in [1.165, 1.54) is 12.0 Å². The molecule has 0 aliphatic rings. The van der Waals surface area contributed by atoms with Crippen LogP contribution in [0.4, 0.5) is 0 Å². The molecule has 0 bridgehead atoms. The van der Waals surface area contributed by atoms with Gasteiger partial charge in [-0.2, -0.15) is 0 Å². The van der Waals surface area contributed by atoms with Gasteiger partial charge in [0, 0.05) is 0 Å². The van der Waals surface area contributed by atoms with Crippen LogP contribution in [0.25, 0.3) is 0 Å². The lowest BCUT2D eigenvalue weighted by molar-refractivity contribution is 0.360. The van der Waals surface area contributed by atoms with E-state index in [9.17, 15) is 0 Å². The Kier molecular flexibility index (Phi) is 6.09. The molecule has 0 aliphatic heterocycles. The normalized spacial score (nSPS) is 10.6. The Morgan fingerprint density at radius 1 is 1.19 bits per heavy atom. The third-order valence-corrected chi connectivity index (χ3v) is 2.37. The van der Waals surface area contributed by atoms with Gasteiger partial charge in [-0.25, -0.2) is 0 Å². The number of hydrogen-bond acceptors (Lipinski definition) is 1. The van der Waals surface area contributed by atoms with Gasteiger partial charge in [0.05, 0.1) is 0 Å². The van der Waals surface area contributed by atoms with Crippen LogP contribution < -0.4 is 4.74 Å². The van der Waals surface area contributed by atoms with Crippen molar-refractivity contribution in [2.45, 2.75) is 26.2 Å². The Bertz CT molecular complexity index is 339. The van der Waals surface area contributed by atoms with Gasteiger partial charge < -0.3 is 4.74 Å². The first-order chi connectivity index (χ1) is 7.84. The van der Waals surface area contributed by atoms with Gasteiger partial charge in [0.25, 0.3) is 0 Å². The third kappa shape index (κ3) is 4.83. The number of aryl methyl sites for hydroxylation is 1. The first-order valence-corrected chi connectivity index (χ1v) is 5.79. The lowest BCUT2D eigenvalue weighted by Gasteiger charge is -2.05. The molecule has 0 N–H and O–H groups in total. The fourth-order valence-electron chi connectivity index (χ4n) is 1.42. The molecule has 0 aromatic heterocycles. The summed E-state index contributed by atoms with van der Waals surface area (Å²) in [7, 11) is 0. The number of rotatable bonds is 7. The molecule has 0 spiro atoms. The molecule has 0 unspecified atom stereocenters. The summed E-state index contributed by atoms with van der Waals surface area (Å²) < 4.78 is 5.64. The van der Waals surface area contributed by atoms with Gasteiger partial charge in [-0.1, -0.05) is 36.4 Å². The molecule has 0 heterocycles. The predicted molar refractivity (Wildman–Crippen MR) is 69.9 cm³/mol. The van der Waals surface area contributed by atoms with Crippen molar-refractivity contribution >= 4 is 0 Å². The van der Waals surface area contributed by atoms with E-state index in [-0.39, 0.29) is 0 Å². The van der Waals surface area contributed by atoms with Crippen molar-refractivity contribution in [2.75, 3.05) is 6.61 Å². The van der Waals surface area contributed by atoms with Crippen LogP contribution in [-0.2, 0) is 0 Å². The highest BCUT2D eigenvalue weighted by atomic mass is 16.5. The number of allylic oxidation sites excluding steroid dienone is 2. The summed E-state index contributed by atoms with van der Waals surface area (Å²) in [5, 5.41) is 0. The van der Waals surface area contributed by atoms with E-state index in [2.05, 4.69) is 31.7 Å². The van der Waals surface area contributed by atoms with E-state index in [1.807, 2.05) is 24.3 Å². The highest BCUT2D eigenvalue weighted by Crippen LogP contribution is 2.15. The van der Waals surface area contributed by atoms with Gasteiger partial charge >= 0.3 is 0 Å². The number of ether oxygens (including phenoxy) is 1. The standard InChI is InChI=1S/C15H20O/c1-3-4-5-6-7-10-13-16-15-12-9-8-11-14(15)2/h3,7-12H,1,4-6,13H2,2H3/b10-7+. The monoisotopic (exact) mass is 216 g/mol. The molecular weight excluding hydrogens is 196 g/mol. The van der Waals surface area contributed by atoms with Gasteiger partial charge in [-0.05, 0) is 37.8 Å². The van der Waals surface area contributed by atoms with E-state index in [1.54, 1.807) is 0 Å². The van der Waals surface area contributed by atoms with Crippen LogP contribution >= 0.6 is 0 Å². The Morgan fingerprint density at radius 3 is 2.75 bits per heavy atom. The van der Waals surface area contributed by atoms with Crippen LogP contribution in [0.2, 0.25) is 0 Å². The smallest absolute Gasteiger partial charge is 0.122 e. The van der Waals surface area contributed by atoms with Crippen molar-refractivity contribution in [3.05, 3.63) is 54.6 Å². The van der Waals surface area contributed by atoms with Crippen LogP contribution in [0, 0.1) is 6.92 Å². The number of para-hydroxylation sites is 1. The van der Waals surface area contributed by atoms with Crippen LogP contribution in [-0.4, -0.2) is 6.61 Å². The zero-order valence-electron chi connectivity index (χ0n) is 9.99. The van der Waals surface area contributed by atoms with Gasteiger partial charge in [0.1, 0.15) is 12.4 Å². The van der Waals surface area contributed by atoms with Crippen LogP contribution in [0.15, 0.2) is 49.1 Å². The first-order valence-electron chi connectivity index (χ1n) is 5.79. The van der Waals surface area contributed by atoms with Gasteiger partial charge in [-0.3, -0.25) is 0 Å². The second-order valence-electron chi connectivity index (χ2n) is 3.77. The minimum absolute atomic E-state index is 0.652. The van der Waals surface area contributed by atoms with E-state index >= 15 is 0 Å². The van der Waals surface area contributed by atoms with E-state index < -0.39 is 0 Å². The molecule has 0 amide bonds. The number of hydrogen-bond donors (Lipinski definition) is 0. The molecule has 16 heavy (non-hydrogen) atoms. The molecule has 0 saturated carbocycles. The maximum absolute atomic E-state index is 5.64. The second-order valence-corrected chi connectivity index (χ2v) is 3.77. The number of unbranched alkanes of at least 4 members (excludes halogenated alkanes) is 2. The molecule has 86 valence electrons. The van der Waals surface area contributed by atoms with Crippen LogP contribution in [0.5, 0.6) is 5.75 Å². The molecule has 0 atom stereocenters. The van der Waals surface area contributed by atoms with Gasteiger partial charge in [0.15, 0.2) is 0 Å².